The third-order valence-electron chi connectivity index (χ3n) is 3.79. The van der Waals surface area contributed by atoms with Crippen LogP contribution in [-0.2, 0) is 19.1 Å². The molecule has 154 valence electrons. The zero-order chi connectivity index (χ0) is 21.2. The minimum atomic E-state index is -0.545. The molecule has 0 heterocycles. The molecule has 0 saturated heterocycles. The van der Waals surface area contributed by atoms with Crippen molar-refractivity contribution < 1.29 is 19.1 Å². The Morgan fingerprint density at radius 1 is 0.931 bits per heavy atom. The average Bonchev–Trinajstić information content (AvgIpc) is 2.67. The van der Waals surface area contributed by atoms with Crippen molar-refractivity contribution in [3.63, 3.8) is 0 Å². The summed E-state index contributed by atoms with van der Waals surface area (Å²) in [5.74, 6) is -1.05. The summed E-state index contributed by atoms with van der Waals surface area (Å²) in [5.41, 5.74) is 3.40. The Labute approximate surface area is 174 Å². The van der Waals surface area contributed by atoms with Crippen LogP contribution in [0.3, 0.4) is 0 Å². The summed E-state index contributed by atoms with van der Waals surface area (Å²) in [6.07, 6.45) is 0. The number of ether oxygens (including phenoxy) is 1. The Balaban J connectivity index is 1.63. The molecular formula is C21H25N3O4S. The monoisotopic (exact) mass is 415 g/mol. The Morgan fingerprint density at radius 3 is 2.28 bits per heavy atom. The zero-order valence-corrected chi connectivity index (χ0v) is 17.5. The number of carbonyl (C=O) groups excluding carboxylic acids is 3. The van der Waals surface area contributed by atoms with E-state index in [-0.39, 0.29) is 24.0 Å². The van der Waals surface area contributed by atoms with E-state index in [2.05, 4.69) is 10.6 Å². The van der Waals surface area contributed by atoms with Gasteiger partial charge < -0.3 is 20.3 Å². The van der Waals surface area contributed by atoms with E-state index >= 15 is 0 Å². The predicted molar refractivity (Wildman–Crippen MR) is 117 cm³/mol. The minimum Gasteiger partial charge on any atom is -0.455 e. The normalized spacial score (nSPS) is 10.2. The summed E-state index contributed by atoms with van der Waals surface area (Å²) in [7, 11) is 3.86. The molecular weight excluding hydrogens is 390 g/mol. The topological polar surface area (TPSA) is 87.7 Å². The third-order valence-corrected chi connectivity index (χ3v) is 4.69. The summed E-state index contributed by atoms with van der Waals surface area (Å²) in [5, 5.41) is 5.43. The minimum absolute atomic E-state index is 0.00789. The van der Waals surface area contributed by atoms with E-state index in [9.17, 15) is 14.4 Å². The molecule has 0 aliphatic carbocycles. The molecule has 2 aromatic rings. The first-order valence-electron chi connectivity index (χ1n) is 9.00. The van der Waals surface area contributed by atoms with Crippen LogP contribution in [0.25, 0.3) is 0 Å². The van der Waals surface area contributed by atoms with Gasteiger partial charge in [-0.3, -0.25) is 14.4 Å². The summed E-state index contributed by atoms with van der Waals surface area (Å²) in [6.45, 7) is 1.57. The van der Waals surface area contributed by atoms with E-state index in [1.165, 1.54) is 0 Å². The van der Waals surface area contributed by atoms with Crippen LogP contribution in [0.1, 0.15) is 5.56 Å². The molecule has 0 spiro atoms. The van der Waals surface area contributed by atoms with Crippen molar-refractivity contribution in [1.29, 1.82) is 0 Å². The highest BCUT2D eigenvalue weighted by Crippen LogP contribution is 2.15. The number of nitrogens with zero attached hydrogens (tertiary/aromatic N) is 1. The molecule has 2 aromatic carbocycles. The van der Waals surface area contributed by atoms with Gasteiger partial charge in [-0.05, 0) is 48.9 Å². The predicted octanol–water partition coefficient (Wildman–Crippen LogP) is 2.91. The van der Waals surface area contributed by atoms with Crippen LogP contribution in [0, 0.1) is 6.92 Å². The summed E-state index contributed by atoms with van der Waals surface area (Å²) >= 11 is 1.13. The molecule has 8 heteroatoms. The molecule has 0 fully saturated rings. The van der Waals surface area contributed by atoms with Gasteiger partial charge in [-0.2, -0.15) is 0 Å². The average molecular weight is 416 g/mol. The zero-order valence-electron chi connectivity index (χ0n) is 16.7. The Kier molecular flexibility index (Phi) is 8.54. The van der Waals surface area contributed by atoms with Crippen molar-refractivity contribution in [3.05, 3.63) is 54.1 Å². The quantitative estimate of drug-likeness (QED) is 0.613. The molecule has 0 saturated carbocycles. The molecule has 0 aromatic heterocycles. The fourth-order valence-electron chi connectivity index (χ4n) is 2.37. The number of amides is 2. The van der Waals surface area contributed by atoms with E-state index in [0.29, 0.717) is 11.4 Å². The molecule has 0 atom stereocenters. The molecule has 0 aliphatic rings. The lowest BCUT2D eigenvalue weighted by Crippen LogP contribution is -2.22. The molecule has 0 radical (unpaired) electrons. The van der Waals surface area contributed by atoms with Crippen molar-refractivity contribution >= 4 is 46.6 Å². The van der Waals surface area contributed by atoms with Crippen LogP contribution in [0.15, 0.2) is 48.5 Å². The van der Waals surface area contributed by atoms with Gasteiger partial charge in [-0.15, -0.1) is 11.8 Å². The van der Waals surface area contributed by atoms with Crippen LogP contribution < -0.4 is 15.5 Å². The van der Waals surface area contributed by atoms with Gasteiger partial charge in [-0.1, -0.05) is 12.1 Å². The lowest BCUT2D eigenvalue weighted by Gasteiger charge is -2.13. The summed E-state index contributed by atoms with van der Waals surface area (Å²) < 4.78 is 4.94. The molecule has 2 N–H and O–H groups in total. The maximum atomic E-state index is 11.9. The Hall–Kier alpha value is -3.00. The third kappa shape index (κ3) is 8.27. The van der Waals surface area contributed by atoms with Crippen molar-refractivity contribution in [2.45, 2.75) is 6.92 Å². The van der Waals surface area contributed by atoms with Crippen molar-refractivity contribution in [1.82, 2.24) is 0 Å². The second-order valence-corrected chi connectivity index (χ2v) is 7.55. The number of aryl methyl sites for hydroxylation is 1. The largest absolute Gasteiger partial charge is 0.455 e. The Bertz CT molecular complexity index is 853. The number of esters is 1. The second kappa shape index (κ2) is 11.1. The van der Waals surface area contributed by atoms with Crippen LogP contribution in [0.2, 0.25) is 0 Å². The number of carbonyl (C=O) groups is 3. The molecule has 2 amide bonds. The van der Waals surface area contributed by atoms with Crippen LogP contribution in [0.5, 0.6) is 0 Å². The Morgan fingerprint density at radius 2 is 1.62 bits per heavy atom. The number of rotatable bonds is 9. The van der Waals surface area contributed by atoms with E-state index in [4.69, 9.17) is 4.74 Å². The van der Waals surface area contributed by atoms with Gasteiger partial charge in [0.05, 0.1) is 11.5 Å². The molecule has 29 heavy (non-hydrogen) atoms. The van der Waals surface area contributed by atoms with Crippen LogP contribution in [0.4, 0.5) is 17.1 Å². The highest BCUT2D eigenvalue weighted by atomic mass is 32.2. The first-order chi connectivity index (χ1) is 13.8. The molecule has 7 nitrogen and oxygen atoms in total. The van der Waals surface area contributed by atoms with Gasteiger partial charge in [0.25, 0.3) is 5.91 Å². The van der Waals surface area contributed by atoms with Crippen LogP contribution >= 0.6 is 11.8 Å². The van der Waals surface area contributed by atoms with E-state index in [0.717, 1.165) is 23.0 Å². The standard InChI is InChI=1S/C21H25N3O4S/c1-15-5-4-6-17(11-15)23-20(26)13-29-14-21(27)28-12-19(25)22-16-7-9-18(10-8-16)24(2)3/h4-11H,12-14H2,1-3H3,(H,22,25)(H,23,26). The molecule has 0 unspecified atom stereocenters. The molecule has 0 bridgehead atoms. The van der Waals surface area contributed by atoms with Gasteiger partial charge >= 0.3 is 5.97 Å². The highest BCUT2D eigenvalue weighted by molar-refractivity contribution is 8.00. The maximum Gasteiger partial charge on any atom is 0.316 e. The highest BCUT2D eigenvalue weighted by Gasteiger charge is 2.10. The lowest BCUT2D eigenvalue weighted by atomic mass is 10.2. The molecule has 2 rings (SSSR count). The fraction of sp³-hybridized carbons (Fsp3) is 0.286. The van der Waals surface area contributed by atoms with Crippen LogP contribution in [-0.4, -0.2) is 50.0 Å². The van der Waals surface area contributed by atoms with Gasteiger partial charge in [-0.25, -0.2) is 0 Å². The number of benzene rings is 2. The van der Waals surface area contributed by atoms with Crippen molar-refractivity contribution in [2.75, 3.05) is 47.7 Å². The SMILES string of the molecule is Cc1cccc(NC(=O)CSCC(=O)OCC(=O)Nc2ccc(N(C)C)cc2)c1. The second-order valence-electron chi connectivity index (χ2n) is 6.56. The number of thioether (sulfide) groups is 1. The van der Waals surface area contributed by atoms with Crippen molar-refractivity contribution in [3.8, 4) is 0 Å². The first kappa shape index (κ1) is 22.3. The smallest absolute Gasteiger partial charge is 0.316 e. The van der Waals surface area contributed by atoms with E-state index in [1.807, 2.05) is 56.3 Å². The lowest BCUT2D eigenvalue weighted by molar-refractivity contribution is -0.144. The summed E-state index contributed by atoms with van der Waals surface area (Å²) in [4.78, 5) is 37.5. The number of hydrogen-bond acceptors (Lipinski definition) is 6. The first-order valence-corrected chi connectivity index (χ1v) is 10.2. The van der Waals surface area contributed by atoms with Gasteiger partial charge in [0.2, 0.25) is 5.91 Å². The molecule has 0 aliphatic heterocycles. The van der Waals surface area contributed by atoms with Gasteiger partial charge in [0.15, 0.2) is 6.61 Å². The fourth-order valence-corrected chi connectivity index (χ4v) is 2.98. The van der Waals surface area contributed by atoms with E-state index < -0.39 is 11.9 Å². The van der Waals surface area contributed by atoms with Gasteiger partial charge in [0, 0.05) is 31.2 Å². The summed E-state index contributed by atoms with van der Waals surface area (Å²) in [6, 6.07) is 14.8. The van der Waals surface area contributed by atoms with Crippen molar-refractivity contribution in [2.24, 2.45) is 0 Å². The van der Waals surface area contributed by atoms with E-state index in [1.54, 1.807) is 18.2 Å². The van der Waals surface area contributed by atoms with Gasteiger partial charge in [0.1, 0.15) is 0 Å². The maximum absolute atomic E-state index is 11.9. The number of anilines is 3. The number of hydrogen-bond donors (Lipinski definition) is 2. The number of nitrogens with one attached hydrogen (secondary N) is 2.